The number of benzene rings is 2. The van der Waals surface area contributed by atoms with E-state index >= 15 is 0 Å². The van der Waals surface area contributed by atoms with Gasteiger partial charge in [0.15, 0.2) is 23.2 Å². The third-order valence-electron chi connectivity index (χ3n) is 4.06. The molecule has 0 spiro atoms. The first kappa shape index (κ1) is 20.4. The number of para-hydroxylation sites is 2. The van der Waals surface area contributed by atoms with Crippen molar-refractivity contribution in [3.63, 3.8) is 0 Å². The fraction of sp³-hybridized carbons (Fsp3) is 0.300. The number of ether oxygens (including phenoxy) is 2. The molecule has 0 aliphatic heterocycles. The number of anilines is 1. The Bertz CT molecular complexity index is 961. The Kier molecular flexibility index (Phi) is 6.72. The predicted octanol–water partition coefficient (Wildman–Crippen LogP) is 3.93. The average molecular weight is 420 g/mol. The first-order valence-electron chi connectivity index (χ1n) is 8.75. The first-order valence-corrected chi connectivity index (χ1v) is 9.94. The SMILES string of the molecule is COc1ccccc1OCC(=O)N(CCN(C)C)c1nc2ccc(Cl)cc2s1. The van der Waals surface area contributed by atoms with Crippen LogP contribution in [-0.4, -0.2) is 56.7 Å². The zero-order valence-electron chi connectivity index (χ0n) is 16.0. The molecule has 0 bridgehead atoms. The van der Waals surface area contributed by atoms with Crippen molar-refractivity contribution < 1.29 is 14.3 Å². The van der Waals surface area contributed by atoms with Crippen LogP contribution in [0.15, 0.2) is 42.5 Å². The van der Waals surface area contributed by atoms with E-state index in [-0.39, 0.29) is 12.5 Å². The van der Waals surface area contributed by atoms with E-state index in [1.54, 1.807) is 30.2 Å². The molecule has 0 atom stereocenters. The third-order valence-corrected chi connectivity index (χ3v) is 5.34. The number of likely N-dealkylation sites (N-methyl/N-ethyl adjacent to an activating group) is 1. The van der Waals surface area contributed by atoms with Gasteiger partial charge < -0.3 is 14.4 Å². The molecule has 1 heterocycles. The Morgan fingerprint density at radius 2 is 1.89 bits per heavy atom. The lowest BCUT2D eigenvalue weighted by Crippen LogP contribution is -2.39. The van der Waals surface area contributed by atoms with Gasteiger partial charge in [-0.15, -0.1) is 0 Å². The maximum absolute atomic E-state index is 13.0. The summed E-state index contributed by atoms with van der Waals surface area (Å²) in [5, 5.41) is 1.28. The van der Waals surface area contributed by atoms with Crippen molar-refractivity contribution in [2.24, 2.45) is 0 Å². The fourth-order valence-corrected chi connectivity index (χ4v) is 3.87. The van der Waals surface area contributed by atoms with Gasteiger partial charge in [-0.3, -0.25) is 9.69 Å². The lowest BCUT2D eigenvalue weighted by molar-refractivity contribution is -0.120. The Labute approximate surface area is 173 Å². The van der Waals surface area contributed by atoms with E-state index in [1.807, 2.05) is 43.3 Å². The number of nitrogens with zero attached hydrogens (tertiary/aromatic N) is 3. The lowest BCUT2D eigenvalue weighted by Gasteiger charge is -2.22. The summed E-state index contributed by atoms with van der Waals surface area (Å²) in [7, 11) is 5.50. The van der Waals surface area contributed by atoms with Crippen molar-refractivity contribution in [2.75, 3.05) is 45.8 Å². The van der Waals surface area contributed by atoms with E-state index in [0.717, 1.165) is 10.2 Å². The second-order valence-corrected chi connectivity index (χ2v) is 7.84. The molecule has 2 aromatic carbocycles. The van der Waals surface area contributed by atoms with Crippen molar-refractivity contribution in [3.8, 4) is 11.5 Å². The fourth-order valence-electron chi connectivity index (χ4n) is 2.58. The second-order valence-electron chi connectivity index (χ2n) is 6.40. The number of amides is 1. The molecule has 3 rings (SSSR count). The smallest absolute Gasteiger partial charge is 0.266 e. The normalized spacial score (nSPS) is 11.0. The van der Waals surface area contributed by atoms with Gasteiger partial charge in [-0.25, -0.2) is 4.98 Å². The van der Waals surface area contributed by atoms with E-state index < -0.39 is 0 Å². The number of halogens is 1. The van der Waals surface area contributed by atoms with Crippen LogP contribution >= 0.6 is 22.9 Å². The van der Waals surface area contributed by atoms with Crippen LogP contribution in [-0.2, 0) is 4.79 Å². The number of carbonyl (C=O) groups is 1. The van der Waals surface area contributed by atoms with Crippen LogP contribution in [0.2, 0.25) is 5.02 Å². The lowest BCUT2D eigenvalue weighted by atomic mass is 10.3. The number of hydrogen-bond acceptors (Lipinski definition) is 6. The van der Waals surface area contributed by atoms with Gasteiger partial charge in [0.25, 0.3) is 5.91 Å². The molecule has 3 aromatic rings. The monoisotopic (exact) mass is 419 g/mol. The van der Waals surface area contributed by atoms with E-state index in [9.17, 15) is 4.79 Å². The Morgan fingerprint density at radius 3 is 2.61 bits per heavy atom. The summed E-state index contributed by atoms with van der Waals surface area (Å²) < 4.78 is 11.9. The Hall–Kier alpha value is -2.35. The van der Waals surface area contributed by atoms with E-state index in [4.69, 9.17) is 21.1 Å². The molecule has 0 aliphatic carbocycles. The number of rotatable bonds is 8. The van der Waals surface area contributed by atoms with Crippen LogP contribution in [0, 0.1) is 0 Å². The molecule has 148 valence electrons. The summed E-state index contributed by atoms with van der Waals surface area (Å²) in [6.45, 7) is 1.11. The molecule has 8 heteroatoms. The standard InChI is InChI=1S/C20H22ClN3O3S/c1-23(2)10-11-24(20-22-15-9-8-14(21)12-18(15)28-20)19(25)13-27-17-7-5-4-6-16(17)26-3/h4-9,12H,10-11,13H2,1-3H3. The molecule has 0 saturated heterocycles. The quantitative estimate of drug-likeness (QED) is 0.553. The van der Waals surface area contributed by atoms with Gasteiger partial charge in [-0.05, 0) is 44.4 Å². The highest BCUT2D eigenvalue weighted by atomic mass is 35.5. The average Bonchev–Trinajstić information content (AvgIpc) is 3.09. The van der Waals surface area contributed by atoms with Gasteiger partial charge in [0.05, 0.1) is 17.3 Å². The van der Waals surface area contributed by atoms with Crippen LogP contribution in [0.1, 0.15) is 0 Å². The molecular formula is C20H22ClN3O3S. The molecule has 6 nitrogen and oxygen atoms in total. The topological polar surface area (TPSA) is 54.9 Å². The highest BCUT2D eigenvalue weighted by Gasteiger charge is 2.21. The predicted molar refractivity (Wildman–Crippen MR) is 114 cm³/mol. The minimum atomic E-state index is -0.169. The van der Waals surface area contributed by atoms with Crippen LogP contribution in [0.4, 0.5) is 5.13 Å². The molecule has 0 aliphatic rings. The molecule has 0 radical (unpaired) electrons. The van der Waals surface area contributed by atoms with Crippen LogP contribution in [0.3, 0.4) is 0 Å². The summed E-state index contributed by atoms with van der Waals surface area (Å²) >= 11 is 7.52. The summed E-state index contributed by atoms with van der Waals surface area (Å²) in [5.41, 5.74) is 0.817. The van der Waals surface area contributed by atoms with Crippen LogP contribution in [0.5, 0.6) is 11.5 Å². The summed E-state index contributed by atoms with van der Waals surface area (Å²) in [6, 6.07) is 12.8. The van der Waals surface area contributed by atoms with Crippen molar-refractivity contribution in [1.29, 1.82) is 0 Å². The minimum Gasteiger partial charge on any atom is -0.493 e. The van der Waals surface area contributed by atoms with Gasteiger partial charge in [0, 0.05) is 18.1 Å². The molecule has 1 aromatic heterocycles. The number of aromatic nitrogens is 1. The molecule has 1 amide bonds. The van der Waals surface area contributed by atoms with Crippen molar-refractivity contribution in [2.45, 2.75) is 0 Å². The zero-order chi connectivity index (χ0) is 20.1. The highest BCUT2D eigenvalue weighted by Crippen LogP contribution is 2.31. The molecule has 0 N–H and O–H groups in total. The van der Waals surface area contributed by atoms with E-state index in [2.05, 4.69) is 4.98 Å². The summed E-state index contributed by atoms with van der Waals surface area (Å²) in [4.78, 5) is 21.2. The second kappa shape index (κ2) is 9.23. The van der Waals surface area contributed by atoms with Gasteiger partial charge in [0.2, 0.25) is 0 Å². The Morgan fingerprint density at radius 1 is 1.14 bits per heavy atom. The summed E-state index contributed by atoms with van der Waals surface area (Å²) in [5.74, 6) is 0.949. The Balaban J connectivity index is 1.80. The van der Waals surface area contributed by atoms with Crippen LogP contribution in [0.25, 0.3) is 10.2 Å². The first-order chi connectivity index (χ1) is 13.5. The molecule has 0 fully saturated rings. The largest absolute Gasteiger partial charge is 0.493 e. The highest BCUT2D eigenvalue weighted by molar-refractivity contribution is 7.22. The number of carbonyl (C=O) groups excluding carboxylic acids is 1. The summed E-state index contributed by atoms with van der Waals surface area (Å²) in [6.07, 6.45) is 0. The minimum absolute atomic E-state index is 0.107. The third kappa shape index (κ3) is 4.92. The zero-order valence-corrected chi connectivity index (χ0v) is 17.6. The van der Waals surface area contributed by atoms with E-state index in [0.29, 0.717) is 34.7 Å². The van der Waals surface area contributed by atoms with Gasteiger partial charge in [-0.2, -0.15) is 0 Å². The van der Waals surface area contributed by atoms with Gasteiger partial charge >= 0.3 is 0 Å². The van der Waals surface area contributed by atoms with Gasteiger partial charge in [-0.1, -0.05) is 35.1 Å². The maximum Gasteiger partial charge on any atom is 0.266 e. The number of methoxy groups -OCH3 is 1. The van der Waals surface area contributed by atoms with Crippen molar-refractivity contribution >= 4 is 44.2 Å². The maximum atomic E-state index is 13.0. The molecule has 0 unspecified atom stereocenters. The molecule has 0 saturated carbocycles. The number of thiazole rings is 1. The molecule has 28 heavy (non-hydrogen) atoms. The molecular weight excluding hydrogens is 398 g/mol. The van der Waals surface area contributed by atoms with Crippen molar-refractivity contribution in [1.82, 2.24) is 9.88 Å². The number of hydrogen-bond donors (Lipinski definition) is 0. The van der Waals surface area contributed by atoms with Crippen LogP contribution < -0.4 is 14.4 Å². The number of fused-ring (bicyclic) bond motifs is 1. The van der Waals surface area contributed by atoms with Gasteiger partial charge in [0.1, 0.15) is 0 Å². The van der Waals surface area contributed by atoms with E-state index in [1.165, 1.54) is 11.3 Å². The van der Waals surface area contributed by atoms with Crippen molar-refractivity contribution in [3.05, 3.63) is 47.5 Å².